The minimum Gasteiger partial charge on any atom is -0.462 e. The molecule has 0 bridgehead atoms. The Labute approximate surface area is 348 Å². The van der Waals surface area contributed by atoms with Crippen LogP contribution in [-0.4, -0.2) is 37.2 Å². The van der Waals surface area contributed by atoms with Gasteiger partial charge in [-0.05, 0) is 25.2 Å². The van der Waals surface area contributed by atoms with Crippen LogP contribution >= 0.6 is 0 Å². The maximum atomic E-state index is 12.8. The quantitative estimate of drug-likeness (QED) is 0.0347. The standard InChI is InChI=1S/C50H96O6/c1-5-7-9-11-13-15-17-18-22-26-30-34-38-42-49(52)55-45-47(44-54-48(51)41-37-33-29-25-16-14-12-10-8-6-2)56-50(53)43-39-35-31-27-23-20-19-21-24-28-32-36-40-46(3)4/h46-47H,5-45H2,1-4H3/t47-/m0/s1. The highest BCUT2D eigenvalue weighted by Crippen LogP contribution is 2.17. The third kappa shape index (κ3) is 43.5. The lowest BCUT2D eigenvalue weighted by molar-refractivity contribution is -0.167. The zero-order valence-electron chi connectivity index (χ0n) is 38.1. The Morgan fingerprint density at radius 3 is 0.875 bits per heavy atom. The lowest BCUT2D eigenvalue weighted by Crippen LogP contribution is -2.30. The van der Waals surface area contributed by atoms with Crippen LogP contribution in [0, 0.1) is 5.92 Å². The lowest BCUT2D eigenvalue weighted by Gasteiger charge is -2.18. The van der Waals surface area contributed by atoms with Gasteiger partial charge in [0, 0.05) is 19.3 Å². The molecule has 56 heavy (non-hydrogen) atoms. The van der Waals surface area contributed by atoms with Crippen molar-refractivity contribution in [3.8, 4) is 0 Å². The predicted octanol–water partition coefficient (Wildman–Crippen LogP) is 15.9. The van der Waals surface area contributed by atoms with E-state index in [1.807, 2.05) is 0 Å². The van der Waals surface area contributed by atoms with Crippen molar-refractivity contribution in [2.45, 2.75) is 284 Å². The van der Waals surface area contributed by atoms with Crippen LogP contribution < -0.4 is 0 Å². The third-order valence-corrected chi connectivity index (χ3v) is 11.3. The zero-order chi connectivity index (χ0) is 41.0. The first-order valence-electron chi connectivity index (χ1n) is 24.9. The van der Waals surface area contributed by atoms with Crippen LogP contribution in [0.2, 0.25) is 0 Å². The van der Waals surface area contributed by atoms with Crippen LogP contribution in [0.3, 0.4) is 0 Å². The molecular formula is C50H96O6. The number of esters is 3. The number of hydrogen-bond acceptors (Lipinski definition) is 6. The van der Waals surface area contributed by atoms with Crippen molar-refractivity contribution in [2.24, 2.45) is 5.92 Å². The van der Waals surface area contributed by atoms with Gasteiger partial charge < -0.3 is 14.2 Å². The molecule has 0 aliphatic carbocycles. The molecule has 332 valence electrons. The first kappa shape index (κ1) is 54.4. The Morgan fingerprint density at radius 1 is 0.339 bits per heavy atom. The van der Waals surface area contributed by atoms with Crippen LogP contribution in [0.1, 0.15) is 278 Å². The summed E-state index contributed by atoms with van der Waals surface area (Å²) in [6, 6.07) is 0. The van der Waals surface area contributed by atoms with Crippen LogP contribution in [0.15, 0.2) is 0 Å². The summed E-state index contributed by atoms with van der Waals surface area (Å²) in [5.41, 5.74) is 0. The van der Waals surface area contributed by atoms with E-state index in [-0.39, 0.29) is 31.1 Å². The van der Waals surface area contributed by atoms with E-state index in [9.17, 15) is 14.4 Å². The number of hydrogen-bond donors (Lipinski definition) is 0. The van der Waals surface area contributed by atoms with Gasteiger partial charge in [0.15, 0.2) is 6.10 Å². The molecule has 0 radical (unpaired) electrons. The SMILES string of the molecule is CCCCCCCCCCCCCCCC(=O)OC[C@H](COC(=O)CCCCCCCCCCCC)OC(=O)CCCCCCCCCCCCCCC(C)C. The fourth-order valence-corrected chi connectivity index (χ4v) is 7.51. The number of rotatable bonds is 45. The van der Waals surface area contributed by atoms with Crippen molar-refractivity contribution < 1.29 is 28.6 Å². The Morgan fingerprint density at radius 2 is 0.589 bits per heavy atom. The fraction of sp³-hybridized carbons (Fsp3) is 0.940. The number of ether oxygens (including phenoxy) is 3. The van der Waals surface area contributed by atoms with Crippen LogP contribution in [0.5, 0.6) is 0 Å². The Balaban J connectivity index is 4.30. The van der Waals surface area contributed by atoms with E-state index in [4.69, 9.17) is 14.2 Å². The van der Waals surface area contributed by atoms with E-state index in [0.29, 0.717) is 19.3 Å². The molecule has 6 nitrogen and oxygen atoms in total. The van der Waals surface area contributed by atoms with E-state index < -0.39 is 6.10 Å². The van der Waals surface area contributed by atoms with Gasteiger partial charge in [0.05, 0.1) is 0 Å². The van der Waals surface area contributed by atoms with Crippen LogP contribution in [-0.2, 0) is 28.6 Å². The highest BCUT2D eigenvalue weighted by atomic mass is 16.6. The van der Waals surface area contributed by atoms with E-state index in [0.717, 1.165) is 63.7 Å². The molecule has 0 amide bonds. The maximum absolute atomic E-state index is 12.8. The first-order valence-corrected chi connectivity index (χ1v) is 24.9. The van der Waals surface area contributed by atoms with Gasteiger partial charge in [-0.15, -0.1) is 0 Å². The average Bonchev–Trinajstić information content (AvgIpc) is 3.18. The molecule has 0 heterocycles. The third-order valence-electron chi connectivity index (χ3n) is 11.3. The lowest BCUT2D eigenvalue weighted by atomic mass is 10.0. The summed E-state index contributed by atoms with van der Waals surface area (Å²) < 4.78 is 16.8. The number of carbonyl (C=O) groups excluding carboxylic acids is 3. The Bertz CT molecular complexity index is 841. The molecule has 0 fully saturated rings. The second kappa shape index (κ2) is 44.5. The molecule has 0 aromatic rings. The van der Waals surface area contributed by atoms with Gasteiger partial charge in [-0.25, -0.2) is 0 Å². The first-order chi connectivity index (χ1) is 27.4. The molecule has 0 aromatic heterocycles. The van der Waals surface area contributed by atoms with Gasteiger partial charge >= 0.3 is 17.9 Å². The molecule has 6 heteroatoms. The highest BCUT2D eigenvalue weighted by Gasteiger charge is 2.19. The summed E-state index contributed by atoms with van der Waals surface area (Å²) in [5, 5.41) is 0. The van der Waals surface area contributed by atoms with Crippen LogP contribution in [0.4, 0.5) is 0 Å². The molecule has 1 atom stereocenters. The minimum absolute atomic E-state index is 0.0630. The van der Waals surface area contributed by atoms with E-state index in [2.05, 4.69) is 27.7 Å². The smallest absolute Gasteiger partial charge is 0.306 e. The topological polar surface area (TPSA) is 78.9 Å². The van der Waals surface area contributed by atoms with Gasteiger partial charge in [0.25, 0.3) is 0 Å². The van der Waals surface area contributed by atoms with Crippen molar-refractivity contribution >= 4 is 17.9 Å². The predicted molar refractivity (Wildman–Crippen MR) is 238 cm³/mol. The van der Waals surface area contributed by atoms with Gasteiger partial charge in [-0.1, -0.05) is 240 Å². The molecule has 0 saturated heterocycles. The van der Waals surface area contributed by atoms with Crippen molar-refractivity contribution in [3.05, 3.63) is 0 Å². The van der Waals surface area contributed by atoms with Crippen molar-refractivity contribution in [1.29, 1.82) is 0 Å². The molecule has 0 spiro atoms. The fourth-order valence-electron chi connectivity index (χ4n) is 7.51. The van der Waals surface area contributed by atoms with E-state index in [1.165, 1.54) is 173 Å². The highest BCUT2D eigenvalue weighted by molar-refractivity contribution is 5.71. The molecule has 0 aliphatic heterocycles. The summed E-state index contributed by atoms with van der Waals surface area (Å²) >= 11 is 0. The molecule has 0 aromatic carbocycles. The monoisotopic (exact) mass is 793 g/mol. The number of unbranched alkanes of at least 4 members (excludes halogenated alkanes) is 32. The second-order valence-corrected chi connectivity index (χ2v) is 17.6. The van der Waals surface area contributed by atoms with Crippen molar-refractivity contribution in [3.63, 3.8) is 0 Å². The summed E-state index contributed by atoms with van der Waals surface area (Å²) in [4.78, 5) is 37.8. The zero-order valence-corrected chi connectivity index (χ0v) is 38.1. The summed E-state index contributed by atoms with van der Waals surface area (Å²) in [6.07, 6.45) is 45.1. The number of carbonyl (C=O) groups is 3. The van der Waals surface area contributed by atoms with Gasteiger partial charge in [-0.3, -0.25) is 14.4 Å². The molecular weight excluding hydrogens is 697 g/mol. The Kier molecular flexibility index (Phi) is 43.2. The van der Waals surface area contributed by atoms with Crippen molar-refractivity contribution in [1.82, 2.24) is 0 Å². The van der Waals surface area contributed by atoms with Gasteiger partial charge in [-0.2, -0.15) is 0 Å². The maximum Gasteiger partial charge on any atom is 0.306 e. The summed E-state index contributed by atoms with van der Waals surface area (Å²) in [5.74, 6) is -0.0162. The normalized spacial score (nSPS) is 11.9. The second-order valence-electron chi connectivity index (χ2n) is 17.6. The van der Waals surface area contributed by atoms with Gasteiger partial charge in [0.2, 0.25) is 0 Å². The van der Waals surface area contributed by atoms with Crippen LogP contribution in [0.25, 0.3) is 0 Å². The molecule has 0 aliphatic rings. The largest absolute Gasteiger partial charge is 0.462 e. The van der Waals surface area contributed by atoms with Gasteiger partial charge in [0.1, 0.15) is 13.2 Å². The Hall–Kier alpha value is -1.59. The molecule has 0 N–H and O–H groups in total. The molecule has 0 saturated carbocycles. The van der Waals surface area contributed by atoms with Crippen molar-refractivity contribution in [2.75, 3.05) is 13.2 Å². The summed E-state index contributed by atoms with van der Waals surface area (Å²) in [7, 11) is 0. The molecule has 0 unspecified atom stereocenters. The van der Waals surface area contributed by atoms with E-state index in [1.54, 1.807) is 0 Å². The minimum atomic E-state index is -0.759. The van der Waals surface area contributed by atoms with E-state index >= 15 is 0 Å². The molecule has 0 rings (SSSR count). The average molecular weight is 793 g/mol. The summed E-state index contributed by atoms with van der Waals surface area (Å²) in [6.45, 7) is 9.01.